The van der Waals surface area contributed by atoms with Crippen LogP contribution in [-0.2, 0) is 19.1 Å². The van der Waals surface area contributed by atoms with Crippen LogP contribution in [0.2, 0.25) is 0 Å². The van der Waals surface area contributed by atoms with Crippen LogP contribution >= 0.6 is 15.9 Å². The predicted molar refractivity (Wildman–Crippen MR) is 108 cm³/mol. The summed E-state index contributed by atoms with van der Waals surface area (Å²) in [4.78, 5) is 50.5. The molecule has 1 fully saturated rings. The molecule has 0 radical (unpaired) electrons. The molecule has 1 heterocycles. The molecule has 1 aromatic rings. The highest BCUT2D eigenvalue weighted by atomic mass is 79.9. The van der Waals surface area contributed by atoms with Crippen molar-refractivity contribution in [3.8, 4) is 0 Å². The number of benzene rings is 1. The summed E-state index contributed by atoms with van der Waals surface area (Å²) >= 11 is 3.00. The van der Waals surface area contributed by atoms with Crippen molar-refractivity contribution in [2.24, 2.45) is 5.92 Å². The first-order valence-corrected chi connectivity index (χ1v) is 10.2. The number of carbonyl (C=O) groups is 4. The van der Waals surface area contributed by atoms with Gasteiger partial charge >= 0.3 is 12.1 Å². The van der Waals surface area contributed by atoms with E-state index in [1.165, 1.54) is 24.1 Å². The lowest BCUT2D eigenvalue weighted by molar-refractivity contribution is -0.153. The van der Waals surface area contributed by atoms with Gasteiger partial charge in [-0.25, -0.2) is 14.0 Å². The van der Waals surface area contributed by atoms with Gasteiger partial charge in [-0.15, -0.1) is 0 Å². The molecule has 30 heavy (non-hydrogen) atoms. The largest absolute Gasteiger partial charge is 0.456 e. The van der Waals surface area contributed by atoms with Crippen LogP contribution in [0.5, 0.6) is 0 Å². The fourth-order valence-corrected chi connectivity index (χ4v) is 3.39. The van der Waals surface area contributed by atoms with Crippen molar-refractivity contribution >= 4 is 39.7 Å². The minimum Gasteiger partial charge on any atom is -0.456 e. The molecule has 164 valence electrons. The van der Waals surface area contributed by atoms with Gasteiger partial charge in [0.2, 0.25) is 5.91 Å². The average molecular weight is 487 g/mol. The molecule has 0 spiro atoms. The monoisotopic (exact) mass is 486 g/mol. The SMILES string of the molecule is COC(=O)N[C@H](C(=O)N1CCC[C@H]1C(=O)OCC(=O)c1ccc(Br)c(F)c1)C(C)C. The second-order valence-corrected chi connectivity index (χ2v) is 8.06. The zero-order valence-corrected chi connectivity index (χ0v) is 18.5. The Balaban J connectivity index is 2.02. The highest BCUT2D eigenvalue weighted by molar-refractivity contribution is 9.10. The predicted octanol–water partition coefficient (Wildman–Crippen LogP) is 2.69. The maximum atomic E-state index is 13.6. The number of likely N-dealkylation sites (tertiary alicyclic amines) is 1. The number of ketones is 1. The van der Waals surface area contributed by atoms with Gasteiger partial charge in [0.1, 0.15) is 17.9 Å². The molecule has 1 saturated heterocycles. The van der Waals surface area contributed by atoms with Crippen LogP contribution in [0, 0.1) is 11.7 Å². The Hall–Kier alpha value is -2.49. The molecule has 1 aromatic carbocycles. The Morgan fingerprint density at radius 3 is 2.60 bits per heavy atom. The first-order chi connectivity index (χ1) is 14.1. The van der Waals surface area contributed by atoms with Gasteiger partial charge in [0.15, 0.2) is 12.4 Å². The Bertz CT molecular complexity index is 832. The third-order valence-electron chi connectivity index (χ3n) is 4.79. The number of nitrogens with one attached hydrogen (secondary N) is 1. The van der Waals surface area contributed by atoms with Gasteiger partial charge in [0.05, 0.1) is 11.6 Å². The number of hydrogen-bond donors (Lipinski definition) is 1. The van der Waals surface area contributed by atoms with Crippen LogP contribution in [0.15, 0.2) is 22.7 Å². The van der Waals surface area contributed by atoms with Crippen LogP contribution in [0.25, 0.3) is 0 Å². The Kier molecular flexibility index (Phi) is 8.33. The first kappa shape index (κ1) is 23.8. The summed E-state index contributed by atoms with van der Waals surface area (Å²) in [5, 5.41) is 2.49. The highest BCUT2D eigenvalue weighted by Crippen LogP contribution is 2.22. The van der Waals surface area contributed by atoms with Crippen molar-refractivity contribution in [1.29, 1.82) is 0 Å². The van der Waals surface area contributed by atoms with E-state index in [1.54, 1.807) is 13.8 Å². The van der Waals surface area contributed by atoms with Crippen LogP contribution in [0.3, 0.4) is 0 Å². The summed E-state index contributed by atoms with van der Waals surface area (Å²) in [7, 11) is 1.20. The van der Waals surface area contributed by atoms with E-state index in [9.17, 15) is 23.6 Å². The lowest BCUT2D eigenvalue weighted by Gasteiger charge is -2.29. The van der Waals surface area contributed by atoms with Crippen molar-refractivity contribution in [3.63, 3.8) is 0 Å². The highest BCUT2D eigenvalue weighted by Gasteiger charge is 2.39. The molecular weight excluding hydrogens is 463 g/mol. The minimum absolute atomic E-state index is 0.0741. The third-order valence-corrected chi connectivity index (χ3v) is 5.43. The molecule has 2 amide bonds. The molecular formula is C20H24BrFN2O6. The number of alkyl carbamates (subject to hydrolysis) is 1. The summed E-state index contributed by atoms with van der Waals surface area (Å²) in [5.41, 5.74) is 0.0741. The Morgan fingerprint density at radius 2 is 2.00 bits per heavy atom. The summed E-state index contributed by atoms with van der Waals surface area (Å²) < 4.78 is 23.5. The van der Waals surface area contributed by atoms with Crippen molar-refractivity contribution in [1.82, 2.24) is 10.2 Å². The molecule has 2 rings (SSSR count). The zero-order chi connectivity index (χ0) is 22.4. The summed E-state index contributed by atoms with van der Waals surface area (Å²) in [6.07, 6.45) is 0.225. The number of hydrogen-bond acceptors (Lipinski definition) is 6. The van der Waals surface area contributed by atoms with Gasteiger partial charge in [0, 0.05) is 12.1 Å². The van der Waals surface area contributed by atoms with Gasteiger partial charge < -0.3 is 19.7 Å². The van der Waals surface area contributed by atoms with Gasteiger partial charge in [-0.2, -0.15) is 0 Å². The smallest absolute Gasteiger partial charge is 0.407 e. The van der Waals surface area contributed by atoms with Crippen molar-refractivity contribution in [3.05, 3.63) is 34.1 Å². The van der Waals surface area contributed by atoms with Crippen LogP contribution in [0.1, 0.15) is 37.0 Å². The molecule has 0 unspecified atom stereocenters. The summed E-state index contributed by atoms with van der Waals surface area (Å²) in [5.74, 6) is -2.53. The fraction of sp³-hybridized carbons (Fsp3) is 0.500. The molecule has 10 heteroatoms. The van der Waals surface area contributed by atoms with E-state index in [0.717, 1.165) is 6.07 Å². The van der Waals surface area contributed by atoms with E-state index >= 15 is 0 Å². The molecule has 8 nitrogen and oxygen atoms in total. The lowest BCUT2D eigenvalue weighted by atomic mass is 10.0. The number of halogens is 2. The van der Waals surface area contributed by atoms with Crippen molar-refractivity contribution < 1.29 is 33.0 Å². The van der Waals surface area contributed by atoms with Crippen LogP contribution < -0.4 is 5.32 Å². The zero-order valence-electron chi connectivity index (χ0n) is 16.9. The molecule has 0 saturated carbocycles. The second-order valence-electron chi connectivity index (χ2n) is 7.21. The molecule has 1 N–H and O–H groups in total. The maximum Gasteiger partial charge on any atom is 0.407 e. The number of nitrogens with zero attached hydrogens (tertiary/aromatic N) is 1. The first-order valence-electron chi connectivity index (χ1n) is 9.45. The second kappa shape index (κ2) is 10.5. The maximum absolute atomic E-state index is 13.6. The third kappa shape index (κ3) is 5.78. The lowest BCUT2D eigenvalue weighted by Crippen LogP contribution is -2.54. The van der Waals surface area contributed by atoms with Gasteiger partial charge in [0.25, 0.3) is 0 Å². The van der Waals surface area contributed by atoms with E-state index < -0.39 is 48.3 Å². The van der Waals surface area contributed by atoms with E-state index in [1.807, 2.05) is 0 Å². The van der Waals surface area contributed by atoms with Crippen LogP contribution in [0.4, 0.5) is 9.18 Å². The average Bonchev–Trinajstić information content (AvgIpc) is 3.21. The number of esters is 1. The summed E-state index contributed by atoms with van der Waals surface area (Å²) in [6.45, 7) is 3.29. The van der Waals surface area contributed by atoms with Crippen molar-refractivity contribution in [2.45, 2.75) is 38.8 Å². The number of rotatable bonds is 7. The van der Waals surface area contributed by atoms with E-state index in [0.29, 0.717) is 19.4 Å². The molecule has 1 aliphatic rings. The van der Waals surface area contributed by atoms with Crippen molar-refractivity contribution in [2.75, 3.05) is 20.3 Å². The standard InChI is InChI=1S/C20H24BrFN2O6/c1-11(2)17(23-20(28)29-3)18(26)24-8-4-5-15(24)19(27)30-10-16(25)12-6-7-13(21)14(22)9-12/h6-7,9,11,15,17H,4-5,8,10H2,1-3H3,(H,23,28)/t15-,17-/m0/s1. The number of carbonyl (C=O) groups excluding carboxylic acids is 4. The van der Waals surface area contributed by atoms with Gasteiger partial charge in [-0.05, 0) is 52.9 Å². The molecule has 1 aliphatic heterocycles. The van der Waals surface area contributed by atoms with E-state index in [-0.39, 0.29) is 16.0 Å². The van der Waals surface area contributed by atoms with E-state index in [2.05, 4.69) is 26.0 Å². The number of methoxy groups -OCH3 is 1. The number of ether oxygens (including phenoxy) is 2. The number of amides is 2. The minimum atomic E-state index is -0.863. The Morgan fingerprint density at radius 1 is 1.30 bits per heavy atom. The normalized spacial score (nSPS) is 16.9. The topological polar surface area (TPSA) is 102 Å². The van der Waals surface area contributed by atoms with Gasteiger partial charge in [-0.1, -0.05) is 13.8 Å². The van der Waals surface area contributed by atoms with E-state index in [4.69, 9.17) is 4.74 Å². The molecule has 0 bridgehead atoms. The van der Waals surface area contributed by atoms with Crippen LogP contribution in [-0.4, -0.2) is 61.0 Å². The quantitative estimate of drug-likeness (QED) is 0.469. The fourth-order valence-electron chi connectivity index (χ4n) is 3.14. The Labute approximate surface area is 182 Å². The van der Waals surface area contributed by atoms with Gasteiger partial charge in [-0.3, -0.25) is 9.59 Å². The number of Topliss-reactive ketones (excluding diaryl/α,β-unsaturated/α-hetero) is 1. The summed E-state index contributed by atoms with van der Waals surface area (Å²) in [6, 6.07) is 2.14. The molecule has 0 aliphatic carbocycles. The molecule has 2 atom stereocenters. The molecule has 0 aromatic heterocycles.